The maximum atomic E-state index is 13.8. The molecule has 3 atom stereocenters. The van der Waals surface area contributed by atoms with Crippen molar-refractivity contribution in [3.05, 3.63) is 65.6 Å². The van der Waals surface area contributed by atoms with Gasteiger partial charge in [-0.3, -0.25) is 4.98 Å². The van der Waals surface area contributed by atoms with E-state index in [9.17, 15) is 28.9 Å². The van der Waals surface area contributed by atoms with Gasteiger partial charge in [0.05, 0.1) is 17.0 Å². The third-order valence-corrected chi connectivity index (χ3v) is 7.31. The van der Waals surface area contributed by atoms with Gasteiger partial charge >= 0.3 is 19.2 Å². The molecule has 0 saturated carbocycles. The van der Waals surface area contributed by atoms with Crippen molar-refractivity contribution in [3.8, 4) is 45.7 Å². The molecule has 1 aliphatic heterocycles. The number of nitrogens with zero attached hydrogens (tertiary/aromatic N) is 1. The Morgan fingerprint density at radius 3 is 2.43 bits per heavy atom. The van der Waals surface area contributed by atoms with Crippen LogP contribution in [0.1, 0.15) is 37.9 Å². The van der Waals surface area contributed by atoms with Gasteiger partial charge in [-0.25, -0.2) is 9.18 Å². The molecule has 0 fully saturated rings. The number of fused-ring (bicyclic) bond motifs is 1. The van der Waals surface area contributed by atoms with Crippen molar-refractivity contribution in [2.45, 2.75) is 37.9 Å². The number of aromatic nitrogens is 1. The number of aliphatic carboxylic acids is 1. The van der Waals surface area contributed by atoms with Crippen LogP contribution in [0.5, 0.6) is 11.5 Å². The molecule has 0 saturated heterocycles. The average molecular weight is 524 g/mol. The number of hydrogen-bond donors (Lipinski definition) is 3. The molecule has 0 radical (unpaired) electrons. The summed E-state index contributed by atoms with van der Waals surface area (Å²) in [5.74, 6) is 3.81. The summed E-state index contributed by atoms with van der Waals surface area (Å²) in [6, 6.07) is 12.7. The minimum Gasteiger partial charge on any atom is -0.477 e. The average Bonchev–Trinajstić information content (AvgIpc) is 3.33. The topological polar surface area (TPSA) is 126 Å². The number of ether oxygens (including phenoxy) is 2. The Morgan fingerprint density at radius 1 is 1.14 bits per heavy atom. The summed E-state index contributed by atoms with van der Waals surface area (Å²) in [5.41, 5.74) is 2.99. The van der Waals surface area contributed by atoms with Gasteiger partial charge in [-0.1, -0.05) is 38.0 Å². The van der Waals surface area contributed by atoms with Crippen LogP contribution in [0.4, 0.5) is 4.39 Å². The molecule has 0 aliphatic carbocycles. The molecule has 1 aromatic heterocycles. The van der Waals surface area contributed by atoms with Gasteiger partial charge in [-0.2, -0.15) is 4.89 Å². The number of carbonyl (C=O) groups is 1. The molecule has 3 N–H and O–H groups in total. The van der Waals surface area contributed by atoms with Gasteiger partial charge in [0.15, 0.2) is 11.5 Å². The van der Waals surface area contributed by atoms with Gasteiger partial charge in [0.2, 0.25) is 6.79 Å². The summed E-state index contributed by atoms with van der Waals surface area (Å²) in [6.07, 6.45) is -1.75. The molecule has 0 amide bonds. The number of pyridine rings is 1. The van der Waals surface area contributed by atoms with E-state index in [1.54, 1.807) is 30.3 Å². The molecule has 0 bridgehead atoms. The lowest BCUT2D eigenvalue weighted by Gasteiger charge is -2.17. The van der Waals surface area contributed by atoms with Crippen LogP contribution in [-0.2, 0) is 9.36 Å². The molecule has 4 rings (SSSR count). The first-order chi connectivity index (χ1) is 17.6. The molecule has 190 valence electrons. The molecule has 2 aromatic carbocycles. The number of rotatable bonds is 6. The smallest absolute Gasteiger partial charge is 0.477 e. The number of aliphatic hydroxyl groups excluding tert-OH is 1. The van der Waals surface area contributed by atoms with Gasteiger partial charge in [0, 0.05) is 11.1 Å². The minimum absolute atomic E-state index is 0.0632. The van der Waals surface area contributed by atoms with Crippen molar-refractivity contribution in [2.75, 3.05) is 6.79 Å². The molecule has 2 heterocycles. The number of carboxylic acids is 1. The lowest BCUT2D eigenvalue weighted by molar-refractivity contribution is -0.141. The summed E-state index contributed by atoms with van der Waals surface area (Å²) in [4.78, 5) is 26.6. The van der Waals surface area contributed by atoms with Crippen molar-refractivity contribution in [1.29, 1.82) is 0 Å². The Kier molecular flexibility index (Phi) is 7.28. The lowest BCUT2D eigenvalue weighted by atomic mass is 9.91. The molecule has 1 aliphatic rings. The van der Waals surface area contributed by atoms with E-state index in [1.165, 1.54) is 12.1 Å². The van der Waals surface area contributed by atoms with Crippen LogP contribution in [0.3, 0.4) is 0 Å². The predicted molar refractivity (Wildman–Crippen MR) is 134 cm³/mol. The highest BCUT2D eigenvalue weighted by Gasteiger charge is 2.60. The molecule has 3 unspecified atom stereocenters. The first-order valence-electron chi connectivity index (χ1n) is 11.4. The maximum absolute atomic E-state index is 13.8. The van der Waals surface area contributed by atoms with Crippen LogP contribution in [0.25, 0.3) is 22.4 Å². The number of aliphatic hydroxyl groups is 1. The summed E-state index contributed by atoms with van der Waals surface area (Å²) in [6.45, 7) is 4.89. The van der Waals surface area contributed by atoms with E-state index in [4.69, 9.17) is 14.5 Å². The van der Waals surface area contributed by atoms with E-state index < -0.39 is 31.1 Å². The summed E-state index contributed by atoms with van der Waals surface area (Å²) < 4.78 is 37.0. The van der Waals surface area contributed by atoms with Gasteiger partial charge in [0.25, 0.3) is 0 Å². The van der Waals surface area contributed by atoms with E-state index in [-0.39, 0.29) is 12.7 Å². The normalized spacial score (nSPS) is 14.9. The Morgan fingerprint density at radius 2 is 1.84 bits per heavy atom. The first-order valence-corrected chi connectivity index (χ1v) is 12.6. The number of hydrogen-bond acceptors (Lipinski definition) is 6. The van der Waals surface area contributed by atoms with Gasteiger partial charge in [-0.05, 0) is 59.2 Å². The van der Waals surface area contributed by atoms with Crippen LogP contribution >= 0.6 is 8.03 Å². The lowest BCUT2D eigenvalue weighted by Crippen LogP contribution is -2.43. The van der Waals surface area contributed by atoms with E-state index in [2.05, 4.69) is 11.8 Å². The highest BCUT2D eigenvalue weighted by Crippen LogP contribution is 2.43. The van der Waals surface area contributed by atoms with Crippen molar-refractivity contribution >= 4 is 14.0 Å². The minimum atomic E-state index is -3.44. The van der Waals surface area contributed by atoms with E-state index in [1.807, 2.05) is 19.9 Å². The molecule has 0 spiro atoms. The maximum Gasteiger partial charge on any atom is 0.540 e. The van der Waals surface area contributed by atoms with Crippen LogP contribution in [0.2, 0.25) is 0 Å². The van der Waals surface area contributed by atoms with Crippen LogP contribution < -0.4 is 9.47 Å². The fourth-order valence-corrected chi connectivity index (χ4v) is 4.66. The molecule has 8 nitrogen and oxygen atoms in total. The standard InChI is InChI=1S/C27H23FNO7P/c1-15(2)24-19(11-12-27(16(3)30,26(31)32)37(33)34)21(17-7-9-18(28)10-8-17)13-22(29-24)20-5-4-6-23-25(20)36-14-35-23/h4-10,13,15-16,30H,14H2,1-3H3,(H-,31,32,33,34)/p+1. The van der Waals surface area contributed by atoms with Crippen molar-refractivity contribution in [1.82, 2.24) is 4.98 Å². The summed E-state index contributed by atoms with van der Waals surface area (Å²) in [7, 11) is -3.44. The van der Waals surface area contributed by atoms with Gasteiger partial charge < -0.3 is 19.7 Å². The monoisotopic (exact) mass is 524 g/mol. The molecule has 3 aromatic rings. The predicted octanol–water partition coefficient (Wildman–Crippen LogP) is 4.70. The highest BCUT2D eigenvalue weighted by molar-refractivity contribution is 7.42. The second-order valence-electron chi connectivity index (χ2n) is 8.79. The molecule has 37 heavy (non-hydrogen) atoms. The molecular weight excluding hydrogens is 500 g/mol. The summed E-state index contributed by atoms with van der Waals surface area (Å²) >= 11 is 0. The second-order valence-corrected chi connectivity index (χ2v) is 10.0. The van der Waals surface area contributed by atoms with E-state index in [0.29, 0.717) is 45.1 Å². The third-order valence-electron chi connectivity index (χ3n) is 6.03. The van der Waals surface area contributed by atoms with Crippen LogP contribution in [-0.4, -0.2) is 44.1 Å². The third kappa shape index (κ3) is 4.79. The fourth-order valence-electron chi connectivity index (χ4n) is 4.02. The number of carboxylic acid groups (broad SMARTS) is 1. The zero-order valence-electron chi connectivity index (χ0n) is 20.2. The van der Waals surface area contributed by atoms with Crippen molar-refractivity contribution < 1.29 is 38.3 Å². The highest BCUT2D eigenvalue weighted by atomic mass is 31.1. The van der Waals surface area contributed by atoms with Crippen molar-refractivity contribution in [3.63, 3.8) is 0 Å². The SMILES string of the molecule is CC(C)c1nc(-c2cccc3c2OCO3)cc(-c2ccc(F)cc2)c1C#CC(C(=O)O)(C(C)O)[P+](=O)O. The van der Waals surface area contributed by atoms with Gasteiger partial charge in [0.1, 0.15) is 11.9 Å². The first kappa shape index (κ1) is 26.2. The number of benzene rings is 2. The Bertz CT molecular complexity index is 1430. The number of halogens is 1. The zero-order chi connectivity index (χ0) is 26.9. The summed E-state index contributed by atoms with van der Waals surface area (Å²) in [5, 5.41) is 17.3. The molecular formula is C27H24FNO7P+. The Balaban J connectivity index is 2.04. The number of para-hydroxylation sites is 1. The van der Waals surface area contributed by atoms with E-state index in [0.717, 1.165) is 6.92 Å². The largest absolute Gasteiger partial charge is 0.540 e. The second kappa shape index (κ2) is 10.3. The zero-order valence-corrected chi connectivity index (χ0v) is 21.1. The Labute approximate surface area is 213 Å². The fraction of sp³-hybridized carbons (Fsp3) is 0.259. The Hall–Kier alpha value is -3.83. The van der Waals surface area contributed by atoms with Gasteiger partial charge in [-0.15, -0.1) is 0 Å². The van der Waals surface area contributed by atoms with Crippen molar-refractivity contribution in [2.24, 2.45) is 0 Å². The molecule has 10 heteroatoms. The van der Waals surface area contributed by atoms with E-state index >= 15 is 0 Å². The quantitative estimate of drug-likeness (QED) is 0.313. The van der Waals surface area contributed by atoms with Crippen LogP contribution in [0.15, 0.2) is 48.5 Å². The van der Waals surface area contributed by atoms with Crippen LogP contribution in [0, 0.1) is 17.7 Å².